The first-order chi connectivity index (χ1) is 15.1. The van der Waals surface area contributed by atoms with Crippen molar-refractivity contribution in [1.82, 2.24) is 4.90 Å². The summed E-state index contributed by atoms with van der Waals surface area (Å²) in [6, 6.07) is 3.64. The maximum absolute atomic E-state index is 12.2. The van der Waals surface area contributed by atoms with Crippen LogP contribution in [0.25, 0.3) is 0 Å². The van der Waals surface area contributed by atoms with Gasteiger partial charge in [0, 0.05) is 19.2 Å². The fourth-order valence-electron chi connectivity index (χ4n) is 2.97. The summed E-state index contributed by atoms with van der Waals surface area (Å²) >= 11 is 12.3. The number of nitrogens with two attached hydrogens (primary N) is 1. The highest BCUT2D eigenvalue weighted by Crippen LogP contribution is 2.34. The Morgan fingerprint density at radius 1 is 1.18 bits per heavy atom. The molecule has 1 fully saturated rings. The summed E-state index contributed by atoms with van der Waals surface area (Å²) < 4.78 is 43.3. The number of carbonyl (C=O) groups excluding carboxylic acids is 2. The van der Waals surface area contributed by atoms with E-state index in [0.29, 0.717) is 35.7 Å². The van der Waals surface area contributed by atoms with Crippen LogP contribution in [0.15, 0.2) is 24.8 Å². The van der Waals surface area contributed by atoms with Crippen molar-refractivity contribution in [3.05, 3.63) is 40.4 Å². The largest absolute Gasteiger partial charge is 0.489 e. The zero-order valence-corrected chi connectivity index (χ0v) is 20.3. The molecule has 186 valence electrons. The molecule has 1 aromatic rings. The number of primary amides is 1. The van der Waals surface area contributed by atoms with Crippen LogP contribution in [-0.4, -0.2) is 48.4 Å². The third kappa shape index (κ3) is 10.6. The van der Waals surface area contributed by atoms with Gasteiger partial charge in [0.1, 0.15) is 18.0 Å². The molecule has 6 nitrogen and oxygen atoms in total. The summed E-state index contributed by atoms with van der Waals surface area (Å²) in [5.74, 6) is -1.06. The lowest BCUT2D eigenvalue weighted by molar-refractivity contribution is -0.169. The number of ether oxygens (including phenoxy) is 2. The van der Waals surface area contributed by atoms with Crippen molar-refractivity contribution in [2.75, 3.05) is 19.7 Å². The van der Waals surface area contributed by atoms with Crippen molar-refractivity contribution < 1.29 is 32.2 Å². The average molecular weight is 513 g/mol. The number of halogens is 5. The number of nitrogens with zero attached hydrogens (tertiary/aromatic N) is 1. The van der Waals surface area contributed by atoms with Gasteiger partial charge < -0.3 is 20.1 Å². The SMILES string of the molecule is C=CCOc1cc(Cl)c(Cl)cc1CC1CCN(C(=O)OC(C)(C)C)CC1.NC(=O)C(F)(F)F. The minimum Gasteiger partial charge on any atom is -0.489 e. The van der Waals surface area contributed by atoms with Crippen molar-refractivity contribution in [1.29, 1.82) is 0 Å². The number of carbonyl (C=O) groups is 2. The molecule has 11 heteroatoms. The topological polar surface area (TPSA) is 81.9 Å². The Labute approximate surface area is 201 Å². The Morgan fingerprint density at radius 3 is 2.15 bits per heavy atom. The van der Waals surface area contributed by atoms with Crippen LogP contribution in [0.5, 0.6) is 5.75 Å². The number of hydrogen-bond donors (Lipinski definition) is 1. The van der Waals surface area contributed by atoms with E-state index in [1.54, 1.807) is 17.0 Å². The van der Waals surface area contributed by atoms with Gasteiger partial charge in [-0.2, -0.15) is 13.2 Å². The highest BCUT2D eigenvalue weighted by molar-refractivity contribution is 6.42. The van der Waals surface area contributed by atoms with Crippen LogP contribution >= 0.6 is 23.2 Å². The maximum Gasteiger partial charge on any atom is 0.470 e. The standard InChI is InChI=1S/C20H27Cl2NO3.C2H2F3NO/c1-5-10-25-18-13-17(22)16(21)12-15(18)11-14-6-8-23(9-7-14)19(24)26-20(2,3)4;3-2(4,5)1(6)7/h5,12-14H,1,6-11H2,2-4H3;(H2,6,7). The van der Waals surface area contributed by atoms with Crippen molar-refractivity contribution >= 4 is 35.2 Å². The summed E-state index contributed by atoms with van der Waals surface area (Å²) in [6.07, 6.45) is -0.724. The van der Waals surface area contributed by atoms with Crippen molar-refractivity contribution in [3.63, 3.8) is 0 Å². The number of alkyl halides is 3. The molecule has 0 aliphatic carbocycles. The van der Waals surface area contributed by atoms with Crippen LogP contribution in [0.1, 0.15) is 39.2 Å². The summed E-state index contributed by atoms with van der Waals surface area (Å²) in [5, 5.41) is 1.01. The van der Waals surface area contributed by atoms with E-state index in [-0.39, 0.29) is 6.09 Å². The van der Waals surface area contributed by atoms with Gasteiger partial charge in [0.15, 0.2) is 0 Å². The van der Waals surface area contributed by atoms with Crippen LogP contribution in [0.3, 0.4) is 0 Å². The Balaban J connectivity index is 0.000000675. The molecule has 0 bridgehead atoms. The summed E-state index contributed by atoms with van der Waals surface area (Å²) in [4.78, 5) is 23.1. The Bertz CT molecular complexity index is 834. The Kier molecular flexibility index (Phi) is 10.8. The van der Waals surface area contributed by atoms with E-state index in [9.17, 15) is 18.0 Å². The maximum atomic E-state index is 12.2. The van der Waals surface area contributed by atoms with Gasteiger partial charge in [0.05, 0.1) is 10.0 Å². The van der Waals surface area contributed by atoms with E-state index < -0.39 is 17.7 Å². The van der Waals surface area contributed by atoms with Crippen LogP contribution in [0.4, 0.5) is 18.0 Å². The molecule has 0 aromatic heterocycles. The molecule has 1 saturated heterocycles. The minimum atomic E-state index is -4.86. The van der Waals surface area contributed by atoms with E-state index in [1.807, 2.05) is 26.8 Å². The summed E-state index contributed by atoms with van der Waals surface area (Å²) in [5.41, 5.74) is 4.38. The third-order valence-corrected chi connectivity index (χ3v) is 5.24. The fraction of sp³-hybridized carbons (Fsp3) is 0.545. The number of hydrogen-bond acceptors (Lipinski definition) is 4. The first kappa shape index (κ1) is 28.9. The number of amides is 2. The van der Waals surface area contributed by atoms with Gasteiger partial charge in [-0.1, -0.05) is 35.9 Å². The van der Waals surface area contributed by atoms with E-state index in [1.165, 1.54) is 0 Å². The molecule has 0 saturated carbocycles. The lowest BCUT2D eigenvalue weighted by Gasteiger charge is -2.33. The summed E-state index contributed by atoms with van der Waals surface area (Å²) in [6.45, 7) is 11.1. The highest BCUT2D eigenvalue weighted by atomic mass is 35.5. The number of likely N-dealkylation sites (tertiary alicyclic amines) is 1. The second kappa shape index (κ2) is 12.4. The smallest absolute Gasteiger partial charge is 0.470 e. The molecular weight excluding hydrogens is 484 g/mol. The van der Waals surface area contributed by atoms with Gasteiger partial charge in [-0.05, 0) is 57.6 Å². The molecule has 2 amide bonds. The van der Waals surface area contributed by atoms with Crippen molar-refractivity contribution in [2.24, 2.45) is 11.7 Å². The van der Waals surface area contributed by atoms with Gasteiger partial charge in [0.2, 0.25) is 0 Å². The van der Waals surface area contributed by atoms with Crippen LogP contribution in [-0.2, 0) is 16.0 Å². The van der Waals surface area contributed by atoms with Crippen molar-refractivity contribution in [3.8, 4) is 5.75 Å². The quantitative estimate of drug-likeness (QED) is 0.506. The van der Waals surface area contributed by atoms with E-state index in [2.05, 4.69) is 12.3 Å². The van der Waals surface area contributed by atoms with E-state index in [4.69, 9.17) is 37.5 Å². The van der Waals surface area contributed by atoms with Crippen LogP contribution < -0.4 is 10.5 Å². The second-order valence-electron chi connectivity index (χ2n) is 8.45. The average Bonchev–Trinajstić information content (AvgIpc) is 2.68. The van der Waals surface area contributed by atoms with Crippen LogP contribution in [0, 0.1) is 5.92 Å². The Hall–Kier alpha value is -2.13. The van der Waals surface area contributed by atoms with Crippen molar-refractivity contribution in [2.45, 2.75) is 51.8 Å². The molecule has 1 heterocycles. The molecule has 2 rings (SSSR count). The zero-order valence-electron chi connectivity index (χ0n) is 18.8. The van der Waals surface area contributed by atoms with Crippen LogP contribution in [0.2, 0.25) is 10.0 Å². The molecule has 0 atom stereocenters. The first-order valence-corrected chi connectivity index (χ1v) is 11.0. The molecule has 1 aliphatic heterocycles. The molecular formula is C22H29Cl2F3N2O4. The predicted molar refractivity (Wildman–Crippen MR) is 122 cm³/mol. The molecule has 0 unspecified atom stereocenters. The van der Waals surface area contributed by atoms with Gasteiger partial charge >= 0.3 is 18.2 Å². The van der Waals surface area contributed by atoms with Gasteiger partial charge in [0.25, 0.3) is 0 Å². The monoisotopic (exact) mass is 512 g/mol. The number of benzene rings is 1. The Morgan fingerprint density at radius 2 is 1.70 bits per heavy atom. The second-order valence-corrected chi connectivity index (χ2v) is 9.27. The van der Waals surface area contributed by atoms with Gasteiger partial charge in [-0.15, -0.1) is 0 Å². The number of piperidine rings is 1. The normalized spacial score (nSPS) is 14.7. The fourth-order valence-corrected chi connectivity index (χ4v) is 3.31. The molecule has 0 spiro atoms. The molecule has 2 N–H and O–H groups in total. The molecule has 0 radical (unpaired) electrons. The molecule has 1 aliphatic rings. The molecule has 1 aromatic carbocycles. The van der Waals surface area contributed by atoms with Gasteiger partial charge in [-0.3, -0.25) is 4.79 Å². The highest BCUT2D eigenvalue weighted by Gasteiger charge is 2.35. The number of rotatable bonds is 5. The summed E-state index contributed by atoms with van der Waals surface area (Å²) in [7, 11) is 0. The lowest BCUT2D eigenvalue weighted by atomic mass is 9.90. The first-order valence-electron chi connectivity index (χ1n) is 10.2. The molecule has 33 heavy (non-hydrogen) atoms. The minimum absolute atomic E-state index is 0.236. The predicted octanol–water partition coefficient (Wildman–Crippen LogP) is 5.78. The lowest BCUT2D eigenvalue weighted by Crippen LogP contribution is -2.42. The van der Waals surface area contributed by atoms with E-state index in [0.717, 1.165) is 30.6 Å². The van der Waals surface area contributed by atoms with E-state index >= 15 is 0 Å². The zero-order chi connectivity index (χ0) is 25.4. The van der Waals surface area contributed by atoms with Gasteiger partial charge in [-0.25, -0.2) is 4.79 Å². The third-order valence-electron chi connectivity index (χ3n) is 4.51.